The zero-order valence-electron chi connectivity index (χ0n) is 14.6. The number of phenolic OH excluding ortho intramolecular Hbond substituents is 1. The molecule has 3 rings (SSSR count). The monoisotopic (exact) mass is 368 g/mol. The van der Waals surface area contributed by atoms with Gasteiger partial charge in [-0.15, -0.1) is 0 Å². The average molecular weight is 369 g/mol. The summed E-state index contributed by atoms with van der Waals surface area (Å²) in [4.78, 5) is 4.44. The van der Waals surface area contributed by atoms with Gasteiger partial charge in [0, 0.05) is 28.8 Å². The van der Waals surface area contributed by atoms with E-state index in [1.165, 1.54) is 5.56 Å². The van der Waals surface area contributed by atoms with Crippen LogP contribution in [0.3, 0.4) is 0 Å². The van der Waals surface area contributed by atoms with Crippen LogP contribution in [0.1, 0.15) is 11.1 Å². The normalized spacial score (nSPS) is 10.7. The zero-order chi connectivity index (χ0) is 18.4. The Morgan fingerprint density at radius 3 is 2.73 bits per heavy atom. The van der Waals surface area contributed by atoms with Crippen molar-refractivity contribution >= 4 is 11.6 Å². The van der Waals surface area contributed by atoms with E-state index in [0.717, 1.165) is 34.8 Å². The number of nitrogens with one attached hydrogen (secondary N) is 1. The van der Waals surface area contributed by atoms with E-state index in [2.05, 4.69) is 16.4 Å². The van der Waals surface area contributed by atoms with E-state index in [4.69, 9.17) is 16.3 Å². The van der Waals surface area contributed by atoms with Crippen LogP contribution in [0, 0.1) is 0 Å². The minimum Gasteiger partial charge on any atom is -0.508 e. The first-order chi connectivity index (χ1) is 12.7. The topological polar surface area (TPSA) is 54.4 Å². The highest BCUT2D eigenvalue weighted by Crippen LogP contribution is 2.26. The van der Waals surface area contributed by atoms with Crippen LogP contribution in [0.2, 0.25) is 5.02 Å². The minimum atomic E-state index is 0.270. The Balaban J connectivity index is 1.64. The molecule has 0 amide bonds. The summed E-state index contributed by atoms with van der Waals surface area (Å²) in [7, 11) is 1.60. The molecule has 4 nitrogen and oxygen atoms in total. The second kappa shape index (κ2) is 8.70. The first kappa shape index (κ1) is 18.2. The van der Waals surface area contributed by atoms with E-state index in [1.807, 2.05) is 48.5 Å². The van der Waals surface area contributed by atoms with Crippen molar-refractivity contribution in [3.8, 4) is 22.9 Å². The van der Waals surface area contributed by atoms with E-state index in [1.54, 1.807) is 13.2 Å². The molecule has 2 N–H and O–H groups in total. The molecule has 0 aliphatic carbocycles. The van der Waals surface area contributed by atoms with E-state index in [-0.39, 0.29) is 5.75 Å². The summed E-state index contributed by atoms with van der Waals surface area (Å²) < 4.78 is 5.18. The lowest BCUT2D eigenvalue weighted by Gasteiger charge is -2.10. The third-order valence-corrected chi connectivity index (χ3v) is 4.34. The molecular weight excluding hydrogens is 348 g/mol. The maximum Gasteiger partial charge on any atom is 0.213 e. The van der Waals surface area contributed by atoms with Gasteiger partial charge in [-0.05, 0) is 54.9 Å². The van der Waals surface area contributed by atoms with E-state index in [9.17, 15) is 5.11 Å². The van der Waals surface area contributed by atoms with E-state index >= 15 is 0 Å². The number of nitrogens with zero attached hydrogens (tertiary/aromatic N) is 1. The van der Waals surface area contributed by atoms with Gasteiger partial charge in [0.05, 0.1) is 12.8 Å². The van der Waals surface area contributed by atoms with Gasteiger partial charge in [-0.3, -0.25) is 0 Å². The Kier molecular flexibility index (Phi) is 6.10. The van der Waals surface area contributed by atoms with Crippen LogP contribution in [0.25, 0.3) is 11.3 Å². The smallest absolute Gasteiger partial charge is 0.213 e. The highest BCUT2D eigenvalue weighted by molar-refractivity contribution is 6.30. The van der Waals surface area contributed by atoms with Gasteiger partial charge in [0.1, 0.15) is 5.75 Å². The van der Waals surface area contributed by atoms with Crippen molar-refractivity contribution in [3.05, 3.63) is 76.8 Å². The predicted molar refractivity (Wildman–Crippen MR) is 105 cm³/mol. The van der Waals surface area contributed by atoms with Crippen molar-refractivity contribution in [2.75, 3.05) is 13.7 Å². The lowest BCUT2D eigenvalue weighted by molar-refractivity contribution is 0.398. The number of halogens is 1. The highest BCUT2D eigenvalue weighted by Gasteiger charge is 2.07. The number of ether oxygens (including phenoxy) is 1. The van der Waals surface area contributed by atoms with Crippen LogP contribution in [0.5, 0.6) is 11.6 Å². The molecule has 0 fully saturated rings. The average Bonchev–Trinajstić information content (AvgIpc) is 2.66. The molecule has 0 bridgehead atoms. The van der Waals surface area contributed by atoms with Crippen LogP contribution < -0.4 is 10.1 Å². The second-order valence-corrected chi connectivity index (χ2v) is 6.40. The van der Waals surface area contributed by atoms with Crippen LogP contribution in [-0.2, 0) is 13.0 Å². The number of methoxy groups -OCH3 is 1. The Morgan fingerprint density at radius 2 is 1.92 bits per heavy atom. The summed E-state index contributed by atoms with van der Waals surface area (Å²) >= 11 is 6.00. The molecule has 0 aliphatic heterocycles. The molecule has 0 aliphatic rings. The van der Waals surface area contributed by atoms with Crippen molar-refractivity contribution in [1.82, 2.24) is 10.3 Å². The van der Waals surface area contributed by atoms with Gasteiger partial charge < -0.3 is 15.2 Å². The van der Waals surface area contributed by atoms with Gasteiger partial charge in [0.2, 0.25) is 5.88 Å². The molecule has 0 saturated heterocycles. The molecule has 26 heavy (non-hydrogen) atoms. The molecule has 1 aromatic heterocycles. The number of aromatic hydroxyl groups is 1. The number of rotatable bonds is 7. The number of aromatic nitrogens is 1. The Hall–Kier alpha value is -2.56. The molecule has 0 radical (unpaired) electrons. The fraction of sp³-hybridized carbons (Fsp3) is 0.190. The summed E-state index contributed by atoms with van der Waals surface area (Å²) in [5.74, 6) is 0.837. The van der Waals surface area contributed by atoms with Gasteiger partial charge in [0.25, 0.3) is 0 Å². The molecule has 0 spiro atoms. The van der Waals surface area contributed by atoms with Gasteiger partial charge in [-0.25, -0.2) is 4.98 Å². The summed E-state index contributed by atoms with van der Waals surface area (Å²) in [6.45, 7) is 1.37. The number of hydrogen-bond acceptors (Lipinski definition) is 4. The predicted octanol–water partition coefficient (Wildman–Crippen LogP) is 4.45. The van der Waals surface area contributed by atoms with Crippen LogP contribution in [0.15, 0.2) is 60.7 Å². The molecule has 5 heteroatoms. The Labute approximate surface area is 158 Å². The SMILES string of the molecule is COc1cccc(-c2ccc(O)c(CNCCc3cccc(Cl)c3)c2)n1. The van der Waals surface area contributed by atoms with Gasteiger partial charge in [0.15, 0.2) is 0 Å². The Bertz CT molecular complexity index is 883. The third-order valence-electron chi connectivity index (χ3n) is 4.10. The molecule has 134 valence electrons. The zero-order valence-corrected chi connectivity index (χ0v) is 15.3. The summed E-state index contributed by atoms with van der Waals surface area (Å²) in [5.41, 5.74) is 3.76. The number of pyridine rings is 1. The molecule has 0 saturated carbocycles. The second-order valence-electron chi connectivity index (χ2n) is 5.97. The maximum atomic E-state index is 10.1. The van der Waals surface area contributed by atoms with Crippen molar-refractivity contribution in [1.29, 1.82) is 0 Å². The molecule has 0 unspecified atom stereocenters. The lowest BCUT2D eigenvalue weighted by atomic mass is 10.1. The molecule has 2 aromatic carbocycles. The maximum absolute atomic E-state index is 10.1. The first-order valence-electron chi connectivity index (χ1n) is 8.44. The number of benzene rings is 2. The molecular formula is C21H21ClN2O2. The van der Waals surface area contributed by atoms with Gasteiger partial charge >= 0.3 is 0 Å². The third kappa shape index (κ3) is 4.75. The van der Waals surface area contributed by atoms with Gasteiger partial charge in [-0.1, -0.05) is 29.8 Å². The lowest BCUT2D eigenvalue weighted by Crippen LogP contribution is -2.16. The fourth-order valence-corrected chi connectivity index (χ4v) is 2.94. The van der Waals surface area contributed by atoms with E-state index in [0.29, 0.717) is 12.4 Å². The van der Waals surface area contributed by atoms with Crippen LogP contribution >= 0.6 is 11.6 Å². The number of phenols is 1. The summed E-state index contributed by atoms with van der Waals surface area (Å²) in [6.07, 6.45) is 0.873. The summed E-state index contributed by atoms with van der Waals surface area (Å²) in [6, 6.07) is 19.0. The quantitative estimate of drug-likeness (QED) is 0.605. The molecule has 3 aromatic rings. The van der Waals surface area contributed by atoms with Crippen molar-refractivity contribution < 1.29 is 9.84 Å². The highest BCUT2D eigenvalue weighted by atomic mass is 35.5. The van der Waals surface area contributed by atoms with Crippen LogP contribution in [-0.4, -0.2) is 23.7 Å². The Morgan fingerprint density at radius 1 is 1.08 bits per heavy atom. The molecule has 0 atom stereocenters. The van der Waals surface area contributed by atoms with E-state index < -0.39 is 0 Å². The first-order valence-corrected chi connectivity index (χ1v) is 8.82. The summed E-state index contributed by atoms with van der Waals surface area (Å²) in [5, 5.41) is 14.2. The number of hydrogen-bond donors (Lipinski definition) is 2. The van der Waals surface area contributed by atoms with Crippen molar-refractivity contribution in [2.45, 2.75) is 13.0 Å². The van der Waals surface area contributed by atoms with Gasteiger partial charge in [-0.2, -0.15) is 0 Å². The molecule has 1 heterocycles. The minimum absolute atomic E-state index is 0.270. The largest absolute Gasteiger partial charge is 0.508 e. The van der Waals surface area contributed by atoms with Crippen LogP contribution in [0.4, 0.5) is 0 Å². The van der Waals surface area contributed by atoms with Crippen molar-refractivity contribution in [3.63, 3.8) is 0 Å². The standard InChI is InChI=1S/C21H21ClN2O2/c1-26-21-7-3-6-19(24-21)16-8-9-20(25)17(13-16)14-23-11-10-15-4-2-5-18(22)12-15/h2-9,12-13,23,25H,10-11,14H2,1H3. The van der Waals surface area contributed by atoms with Crippen molar-refractivity contribution in [2.24, 2.45) is 0 Å². The fourth-order valence-electron chi connectivity index (χ4n) is 2.72.